The molecule has 0 aromatic carbocycles. The molecule has 1 unspecified atom stereocenters. The van der Waals surface area contributed by atoms with Crippen LogP contribution in [0.15, 0.2) is 12.3 Å². The second-order valence-corrected chi connectivity index (χ2v) is 5.27. The Bertz CT molecular complexity index is 314. The number of rotatable bonds is 5. The SMILES string of the molecule is Cn1nccc1CCC(O)CNC(C)(C)C. The summed E-state index contributed by atoms with van der Waals surface area (Å²) >= 11 is 0. The van der Waals surface area contributed by atoms with E-state index in [9.17, 15) is 5.11 Å². The zero-order valence-electron chi connectivity index (χ0n) is 10.7. The van der Waals surface area contributed by atoms with Gasteiger partial charge in [-0.2, -0.15) is 5.10 Å². The summed E-state index contributed by atoms with van der Waals surface area (Å²) in [5.74, 6) is 0. The van der Waals surface area contributed by atoms with E-state index < -0.39 is 0 Å². The van der Waals surface area contributed by atoms with Crippen LogP contribution in [-0.4, -0.2) is 33.1 Å². The lowest BCUT2D eigenvalue weighted by atomic mass is 10.1. The van der Waals surface area contributed by atoms with Crippen molar-refractivity contribution in [3.05, 3.63) is 18.0 Å². The lowest BCUT2D eigenvalue weighted by molar-refractivity contribution is 0.151. The Balaban J connectivity index is 2.25. The molecule has 0 aliphatic carbocycles. The Morgan fingerprint density at radius 2 is 2.19 bits per heavy atom. The van der Waals surface area contributed by atoms with Crippen LogP contribution in [0.5, 0.6) is 0 Å². The molecule has 1 aromatic heterocycles. The highest BCUT2D eigenvalue weighted by Gasteiger charge is 2.12. The number of nitrogens with zero attached hydrogens (tertiary/aromatic N) is 2. The van der Waals surface area contributed by atoms with Crippen LogP contribution in [-0.2, 0) is 13.5 Å². The Hall–Kier alpha value is -0.870. The Labute approximate surface area is 97.7 Å². The van der Waals surface area contributed by atoms with Crippen molar-refractivity contribution in [1.82, 2.24) is 15.1 Å². The fourth-order valence-corrected chi connectivity index (χ4v) is 1.49. The van der Waals surface area contributed by atoms with Gasteiger partial charge >= 0.3 is 0 Å². The number of aliphatic hydroxyl groups excluding tert-OH is 1. The molecule has 0 fully saturated rings. The third kappa shape index (κ3) is 4.77. The molecule has 0 aliphatic rings. The van der Waals surface area contributed by atoms with Gasteiger partial charge in [-0.1, -0.05) is 0 Å². The smallest absolute Gasteiger partial charge is 0.0668 e. The van der Waals surface area contributed by atoms with Gasteiger partial charge in [-0.3, -0.25) is 4.68 Å². The van der Waals surface area contributed by atoms with Crippen LogP contribution in [0.4, 0.5) is 0 Å². The van der Waals surface area contributed by atoms with Crippen molar-refractivity contribution in [3.63, 3.8) is 0 Å². The Morgan fingerprint density at radius 3 is 2.69 bits per heavy atom. The van der Waals surface area contributed by atoms with E-state index in [1.807, 2.05) is 17.8 Å². The normalized spacial score (nSPS) is 14.1. The summed E-state index contributed by atoms with van der Waals surface area (Å²) in [7, 11) is 1.93. The second-order valence-electron chi connectivity index (χ2n) is 5.27. The largest absolute Gasteiger partial charge is 0.392 e. The molecule has 92 valence electrons. The van der Waals surface area contributed by atoms with E-state index in [1.165, 1.54) is 0 Å². The van der Waals surface area contributed by atoms with Crippen molar-refractivity contribution in [2.45, 2.75) is 45.3 Å². The minimum atomic E-state index is -0.297. The average molecular weight is 225 g/mol. The molecule has 0 aliphatic heterocycles. The molecule has 0 saturated heterocycles. The fourth-order valence-electron chi connectivity index (χ4n) is 1.49. The maximum absolute atomic E-state index is 9.81. The monoisotopic (exact) mass is 225 g/mol. The minimum Gasteiger partial charge on any atom is -0.392 e. The zero-order valence-corrected chi connectivity index (χ0v) is 10.7. The number of aliphatic hydroxyl groups is 1. The first-order valence-corrected chi connectivity index (χ1v) is 5.78. The molecule has 4 nitrogen and oxygen atoms in total. The van der Waals surface area contributed by atoms with Gasteiger partial charge in [0.05, 0.1) is 6.10 Å². The molecule has 1 rings (SSSR count). The summed E-state index contributed by atoms with van der Waals surface area (Å²) < 4.78 is 1.85. The summed E-state index contributed by atoms with van der Waals surface area (Å²) in [6, 6.07) is 1.99. The van der Waals surface area contributed by atoms with Crippen LogP contribution in [0.2, 0.25) is 0 Å². The van der Waals surface area contributed by atoms with E-state index in [0.29, 0.717) is 6.54 Å². The number of aromatic nitrogens is 2. The van der Waals surface area contributed by atoms with Crippen LogP contribution in [0.3, 0.4) is 0 Å². The lowest BCUT2D eigenvalue weighted by Crippen LogP contribution is -2.40. The van der Waals surface area contributed by atoms with Gasteiger partial charge < -0.3 is 10.4 Å². The molecule has 1 aromatic rings. The van der Waals surface area contributed by atoms with Gasteiger partial charge in [0.1, 0.15) is 0 Å². The van der Waals surface area contributed by atoms with Gasteiger partial charge in [-0.05, 0) is 39.7 Å². The highest BCUT2D eigenvalue weighted by molar-refractivity contribution is 5.00. The van der Waals surface area contributed by atoms with Gasteiger partial charge in [0.2, 0.25) is 0 Å². The predicted molar refractivity (Wildman–Crippen MR) is 65.3 cm³/mol. The van der Waals surface area contributed by atoms with Crippen molar-refractivity contribution >= 4 is 0 Å². The molecule has 0 saturated carbocycles. The highest BCUT2D eigenvalue weighted by Crippen LogP contribution is 2.05. The van der Waals surface area contributed by atoms with E-state index in [2.05, 4.69) is 31.2 Å². The first kappa shape index (κ1) is 13.2. The quantitative estimate of drug-likeness (QED) is 0.789. The van der Waals surface area contributed by atoms with Crippen molar-refractivity contribution in [2.75, 3.05) is 6.54 Å². The van der Waals surface area contributed by atoms with E-state index in [-0.39, 0.29) is 11.6 Å². The van der Waals surface area contributed by atoms with Gasteiger partial charge in [0, 0.05) is 31.0 Å². The molecule has 1 heterocycles. The van der Waals surface area contributed by atoms with Crippen molar-refractivity contribution in [3.8, 4) is 0 Å². The minimum absolute atomic E-state index is 0.0630. The summed E-state index contributed by atoms with van der Waals surface area (Å²) in [6.45, 7) is 6.93. The van der Waals surface area contributed by atoms with Crippen LogP contribution >= 0.6 is 0 Å². The topological polar surface area (TPSA) is 50.1 Å². The number of hydrogen-bond acceptors (Lipinski definition) is 3. The molecular weight excluding hydrogens is 202 g/mol. The van der Waals surface area contributed by atoms with Crippen molar-refractivity contribution in [1.29, 1.82) is 0 Å². The maximum Gasteiger partial charge on any atom is 0.0668 e. The number of nitrogens with one attached hydrogen (secondary N) is 1. The highest BCUT2D eigenvalue weighted by atomic mass is 16.3. The van der Waals surface area contributed by atoms with E-state index in [0.717, 1.165) is 18.5 Å². The molecule has 2 N–H and O–H groups in total. The summed E-state index contributed by atoms with van der Waals surface area (Å²) in [4.78, 5) is 0. The first-order chi connectivity index (χ1) is 7.38. The Morgan fingerprint density at radius 1 is 1.50 bits per heavy atom. The molecule has 16 heavy (non-hydrogen) atoms. The number of β-amino-alcohol motifs (C(OH)–C–C–N with tert-alkyl or cyclic N) is 1. The summed E-state index contributed by atoms with van der Waals surface area (Å²) in [5.41, 5.74) is 1.22. The van der Waals surface area contributed by atoms with Crippen LogP contribution in [0.1, 0.15) is 32.9 Å². The van der Waals surface area contributed by atoms with Gasteiger partial charge in [-0.15, -0.1) is 0 Å². The average Bonchev–Trinajstić information content (AvgIpc) is 2.57. The van der Waals surface area contributed by atoms with E-state index in [4.69, 9.17) is 0 Å². The first-order valence-electron chi connectivity index (χ1n) is 5.78. The summed E-state index contributed by atoms with van der Waals surface area (Å²) in [5, 5.41) is 17.2. The molecule has 0 radical (unpaired) electrons. The van der Waals surface area contributed by atoms with Crippen molar-refractivity contribution in [2.24, 2.45) is 7.05 Å². The molecule has 0 bridgehead atoms. The molecule has 0 spiro atoms. The van der Waals surface area contributed by atoms with Gasteiger partial charge in [0.25, 0.3) is 0 Å². The molecule has 4 heteroatoms. The second kappa shape index (κ2) is 5.46. The number of aryl methyl sites for hydroxylation is 2. The zero-order chi connectivity index (χ0) is 12.2. The molecule has 1 atom stereocenters. The van der Waals surface area contributed by atoms with Crippen LogP contribution < -0.4 is 5.32 Å². The maximum atomic E-state index is 9.81. The summed E-state index contributed by atoms with van der Waals surface area (Å²) in [6.07, 6.45) is 3.12. The molecule has 0 amide bonds. The fraction of sp³-hybridized carbons (Fsp3) is 0.750. The third-order valence-electron chi connectivity index (χ3n) is 2.52. The van der Waals surface area contributed by atoms with E-state index in [1.54, 1.807) is 6.20 Å². The molecular formula is C12H23N3O. The van der Waals surface area contributed by atoms with Crippen LogP contribution in [0, 0.1) is 0 Å². The number of hydrogen-bond donors (Lipinski definition) is 2. The predicted octanol–water partition coefficient (Wildman–Crippen LogP) is 1.10. The van der Waals surface area contributed by atoms with Gasteiger partial charge in [-0.25, -0.2) is 0 Å². The lowest BCUT2D eigenvalue weighted by Gasteiger charge is -2.22. The third-order valence-corrected chi connectivity index (χ3v) is 2.52. The van der Waals surface area contributed by atoms with Crippen molar-refractivity contribution < 1.29 is 5.11 Å². The standard InChI is InChI=1S/C12H23N3O/c1-12(2,3)13-9-11(16)6-5-10-7-8-14-15(10)4/h7-8,11,13,16H,5-6,9H2,1-4H3. The van der Waals surface area contributed by atoms with E-state index >= 15 is 0 Å². The van der Waals surface area contributed by atoms with Gasteiger partial charge in [0.15, 0.2) is 0 Å². The Kier molecular flexibility index (Phi) is 4.50. The van der Waals surface area contributed by atoms with Crippen LogP contribution in [0.25, 0.3) is 0 Å².